The first kappa shape index (κ1) is 17.1. The molecule has 5 heteroatoms. The zero-order valence-electron chi connectivity index (χ0n) is 14.9. The van der Waals surface area contributed by atoms with Gasteiger partial charge in [-0.3, -0.25) is 0 Å². The Labute approximate surface area is 144 Å². The lowest BCUT2D eigenvalue weighted by Crippen LogP contribution is -2.59. The van der Waals surface area contributed by atoms with Crippen molar-refractivity contribution in [1.29, 1.82) is 0 Å². The van der Waals surface area contributed by atoms with E-state index in [0.29, 0.717) is 13.2 Å². The van der Waals surface area contributed by atoms with Crippen LogP contribution in [0.25, 0.3) is 0 Å². The Bertz CT molecular complexity index is 566. The minimum absolute atomic E-state index is 0.00441. The van der Waals surface area contributed by atoms with E-state index in [0.717, 1.165) is 30.2 Å². The summed E-state index contributed by atoms with van der Waals surface area (Å²) in [6.07, 6.45) is 3.71. The van der Waals surface area contributed by atoms with E-state index in [-0.39, 0.29) is 17.6 Å². The summed E-state index contributed by atoms with van der Waals surface area (Å²) in [4.78, 5) is 14.8. The third kappa shape index (κ3) is 3.83. The topological polar surface area (TPSA) is 50.8 Å². The average molecular weight is 332 g/mol. The van der Waals surface area contributed by atoms with Gasteiger partial charge in [0.1, 0.15) is 5.75 Å². The first-order valence-electron chi connectivity index (χ1n) is 8.80. The number of benzene rings is 1. The molecule has 1 N–H and O–H groups in total. The van der Waals surface area contributed by atoms with Crippen LogP contribution in [-0.2, 0) is 4.74 Å². The number of methoxy groups -OCH3 is 1. The lowest BCUT2D eigenvalue weighted by molar-refractivity contribution is -0.0656. The summed E-state index contributed by atoms with van der Waals surface area (Å²) in [5, 5.41) is 3.11. The smallest absolute Gasteiger partial charge is 0.318 e. The van der Waals surface area contributed by atoms with Crippen LogP contribution in [0.1, 0.15) is 44.7 Å². The van der Waals surface area contributed by atoms with Crippen LogP contribution < -0.4 is 10.1 Å². The third-order valence-electron chi connectivity index (χ3n) is 4.94. The van der Waals surface area contributed by atoms with Crippen molar-refractivity contribution in [2.24, 2.45) is 5.92 Å². The number of nitrogens with zero attached hydrogens (tertiary/aromatic N) is 1. The van der Waals surface area contributed by atoms with E-state index in [1.165, 1.54) is 12.8 Å². The fourth-order valence-electron chi connectivity index (χ4n) is 3.35. The van der Waals surface area contributed by atoms with Crippen LogP contribution in [0.4, 0.5) is 4.79 Å². The van der Waals surface area contributed by atoms with Gasteiger partial charge in [0.15, 0.2) is 0 Å². The molecular weight excluding hydrogens is 304 g/mol. The van der Waals surface area contributed by atoms with Gasteiger partial charge >= 0.3 is 6.03 Å². The van der Waals surface area contributed by atoms with Gasteiger partial charge in [-0.05, 0) is 43.9 Å². The molecule has 0 bridgehead atoms. The minimum Gasteiger partial charge on any atom is -0.497 e. The van der Waals surface area contributed by atoms with E-state index in [4.69, 9.17) is 9.47 Å². The number of hydrogen-bond acceptors (Lipinski definition) is 3. The van der Waals surface area contributed by atoms with Crippen LogP contribution in [-0.4, -0.2) is 43.3 Å². The Hall–Kier alpha value is -1.75. The molecule has 1 aliphatic heterocycles. The Morgan fingerprint density at radius 3 is 2.67 bits per heavy atom. The van der Waals surface area contributed by atoms with Gasteiger partial charge in [0.2, 0.25) is 0 Å². The highest BCUT2D eigenvalue weighted by atomic mass is 16.5. The van der Waals surface area contributed by atoms with Crippen LogP contribution in [0.2, 0.25) is 0 Å². The van der Waals surface area contributed by atoms with Gasteiger partial charge in [0.05, 0.1) is 31.9 Å². The second-order valence-corrected chi connectivity index (χ2v) is 7.45. The Morgan fingerprint density at radius 1 is 1.33 bits per heavy atom. The number of hydrogen-bond donors (Lipinski definition) is 1. The molecule has 132 valence electrons. The second-order valence-electron chi connectivity index (χ2n) is 7.45. The van der Waals surface area contributed by atoms with Crippen molar-refractivity contribution >= 4 is 6.03 Å². The zero-order valence-corrected chi connectivity index (χ0v) is 14.9. The van der Waals surface area contributed by atoms with Crippen molar-refractivity contribution in [1.82, 2.24) is 10.2 Å². The molecule has 1 atom stereocenters. The van der Waals surface area contributed by atoms with Gasteiger partial charge in [-0.1, -0.05) is 25.0 Å². The van der Waals surface area contributed by atoms with Gasteiger partial charge in [-0.15, -0.1) is 0 Å². The second kappa shape index (κ2) is 7.01. The number of urea groups is 1. The van der Waals surface area contributed by atoms with Crippen LogP contribution in [0.3, 0.4) is 0 Å². The van der Waals surface area contributed by atoms with Gasteiger partial charge in [-0.25, -0.2) is 4.79 Å². The average Bonchev–Trinajstić information content (AvgIpc) is 3.38. The summed E-state index contributed by atoms with van der Waals surface area (Å²) in [6.45, 7) is 5.94. The predicted octanol–water partition coefficient (Wildman–Crippen LogP) is 3.36. The van der Waals surface area contributed by atoms with Crippen molar-refractivity contribution in [2.45, 2.75) is 44.7 Å². The fourth-order valence-corrected chi connectivity index (χ4v) is 3.35. The molecule has 1 saturated heterocycles. The molecule has 2 fully saturated rings. The normalized spacial score (nSPS) is 23.0. The van der Waals surface area contributed by atoms with Crippen LogP contribution >= 0.6 is 0 Å². The molecule has 1 unspecified atom stereocenters. The highest BCUT2D eigenvalue weighted by Gasteiger charge is 2.41. The summed E-state index contributed by atoms with van der Waals surface area (Å²) in [5.41, 5.74) is 0.730. The molecule has 24 heavy (non-hydrogen) atoms. The van der Waals surface area contributed by atoms with Gasteiger partial charge < -0.3 is 19.7 Å². The first-order chi connectivity index (χ1) is 11.5. The highest BCUT2D eigenvalue weighted by Crippen LogP contribution is 2.34. The number of morpholine rings is 1. The molecule has 1 aromatic rings. The molecule has 2 aliphatic rings. The number of nitrogens with one attached hydrogen (secondary N) is 1. The van der Waals surface area contributed by atoms with Crippen molar-refractivity contribution < 1.29 is 14.3 Å². The Balaban J connectivity index is 1.74. The Kier molecular flexibility index (Phi) is 4.99. The summed E-state index contributed by atoms with van der Waals surface area (Å²) in [6, 6.07) is 7.81. The van der Waals surface area contributed by atoms with Crippen molar-refractivity contribution in [3.63, 3.8) is 0 Å². The van der Waals surface area contributed by atoms with Crippen LogP contribution in [0, 0.1) is 5.92 Å². The summed E-state index contributed by atoms with van der Waals surface area (Å²) in [5.74, 6) is 1.63. The third-order valence-corrected chi connectivity index (χ3v) is 4.94. The number of amides is 2. The molecule has 0 radical (unpaired) electrons. The number of carbonyl (C=O) groups excluding carboxylic acids is 1. The first-order valence-corrected chi connectivity index (χ1v) is 8.80. The molecular formula is C19H28N2O3. The molecule has 0 spiro atoms. The quantitative estimate of drug-likeness (QED) is 0.899. The SMILES string of the molecule is COc1ccc(C2COCC(C)(C)N2C(=O)NCCC2CC2)cc1. The maximum atomic E-state index is 12.9. The standard InChI is InChI=1S/C19H28N2O3/c1-19(2)13-24-12-17(15-6-8-16(23-3)9-7-15)21(19)18(22)20-11-10-14-4-5-14/h6-9,14,17H,4-5,10-13H2,1-3H3,(H,20,22). The largest absolute Gasteiger partial charge is 0.497 e. The predicted molar refractivity (Wildman–Crippen MR) is 93.2 cm³/mol. The number of carbonyl (C=O) groups is 1. The van der Waals surface area contributed by atoms with Crippen LogP contribution in [0.5, 0.6) is 5.75 Å². The fraction of sp³-hybridized carbons (Fsp3) is 0.632. The molecule has 1 aliphatic carbocycles. The van der Waals surface area contributed by atoms with E-state index >= 15 is 0 Å². The Morgan fingerprint density at radius 2 is 2.04 bits per heavy atom. The molecule has 3 rings (SSSR count). The van der Waals surface area contributed by atoms with Gasteiger partial charge in [0.25, 0.3) is 0 Å². The number of rotatable bonds is 5. The van der Waals surface area contributed by atoms with E-state index in [1.807, 2.05) is 29.2 Å². The molecule has 0 aromatic heterocycles. The maximum Gasteiger partial charge on any atom is 0.318 e. The zero-order chi connectivity index (χ0) is 17.2. The molecule has 1 saturated carbocycles. The molecule has 1 heterocycles. The van der Waals surface area contributed by atoms with E-state index in [9.17, 15) is 4.79 Å². The van der Waals surface area contributed by atoms with Crippen molar-refractivity contribution in [3.05, 3.63) is 29.8 Å². The molecule has 2 amide bonds. The van der Waals surface area contributed by atoms with E-state index < -0.39 is 0 Å². The summed E-state index contributed by atoms with van der Waals surface area (Å²) < 4.78 is 11.0. The summed E-state index contributed by atoms with van der Waals surface area (Å²) >= 11 is 0. The number of ether oxygens (including phenoxy) is 2. The van der Waals surface area contributed by atoms with E-state index in [2.05, 4.69) is 19.2 Å². The lowest BCUT2D eigenvalue weighted by atomic mass is 9.95. The van der Waals surface area contributed by atoms with Crippen molar-refractivity contribution in [3.8, 4) is 5.75 Å². The summed E-state index contributed by atoms with van der Waals surface area (Å²) in [7, 11) is 1.65. The van der Waals surface area contributed by atoms with Gasteiger partial charge in [-0.2, -0.15) is 0 Å². The molecule has 1 aromatic carbocycles. The van der Waals surface area contributed by atoms with Gasteiger partial charge in [0, 0.05) is 6.54 Å². The van der Waals surface area contributed by atoms with Crippen molar-refractivity contribution in [2.75, 3.05) is 26.9 Å². The monoisotopic (exact) mass is 332 g/mol. The maximum absolute atomic E-state index is 12.9. The minimum atomic E-state index is -0.341. The van der Waals surface area contributed by atoms with Crippen LogP contribution in [0.15, 0.2) is 24.3 Å². The lowest BCUT2D eigenvalue weighted by Gasteiger charge is -2.47. The van der Waals surface area contributed by atoms with E-state index in [1.54, 1.807) is 7.11 Å². The highest BCUT2D eigenvalue weighted by molar-refractivity contribution is 5.76. The molecule has 5 nitrogen and oxygen atoms in total.